The number of halogens is 3. The maximum Gasteiger partial charge on any atom is 0.0766 e. The minimum Gasteiger partial charge on any atom is -0.268 e. The van der Waals surface area contributed by atoms with Gasteiger partial charge in [-0.1, -0.05) is 20.8 Å². The Hall–Kier alpha value is 0.270. The van der Waals surface area contributed by atoms with E-state index in [-0.39, 0.29) is 5.41 Å². The number of hydrogen-bond acceptors (Lipinski definition) is 1. The van der Waals surface area contributed by atoms with Gasteiger partial charge in [0.05, 0.1) is 15.9 Å². The third-order valence-corrected chi connectivity index (χ3v) is 5.95. The molecule has 0 saturated carbocycles. The number of aryl methyl sites for hydroxylation is 2. The van der Waals surface area contributed by atoms with Crippen LogP contribution in [0.3, 0.4) is 0 Å². The largest absolute Gasteiger partial charge is 0.268 e. The molecule has 0 aliphatic carbocycles. The average molecular weight is 370 g/mol. The second-order valence-electron chi connectivity index (χ2n) is 5.34. The Bertz CT molecular complexity index is 412. The predicted molar refractivity (Wildman–Crippen MR) is 87.4 cm³/mol. The number of aromatic nitrogens is 2. The Morgan fingerprint density at radius 3 is 2.21 bits per heavy atom. The zero-order valence-electron chi connectivity index (χ0n) is 12.1. The SMILES string of the molecule is CCc1nn(CC)c(CC(CCl)(CCl)C(C)C)c1Br. The summed E-state index contributed by atoms with van der Waals surface area (Å²) in [4.78, 5) is 0. The highest BCUT2D eigenvalue weighted by Crippen LogP contribution is 2.37. The van der Waals surface area contributed by atoms with Gasteiger partial charge in [-0.25, -0.2) is 0 Å². The molecule has 0 aromatic carbocycles. The van der Waals surface area contributed by atoms with E-state index in [0.717, 1.165) is 29.6 Å². The van der Waals surface area contributed by atoms with E-state index in [1.165, 1.54) is 5.69 Å². The highest BCUT2D eigenvalue weighted by Gasteiger charge is 2.34. The Balaban J connectivity index is 3.19. The van der Waals surface area contributed by atoms with Gasteiger partial charge in [0.1, 0.15) is 0 Å². The standard InChI is InChI=1S/C14H23BrCl2N2/c1-5-11-13(15)12(19(6-2)18-11)7-14(8-16,9-17)10(3)4/h10H,5-9H2,1-4H3. The monoisotopic (exact) mass is 368 g/mol. The number of nitrogens with zero attached hydrogens (tertiary/aromatic N) is 2. The summed E-state index contributed by atoms with van der Waals surface area (Å²) >= 11 is 16.2. The van der Waals surface area contributed by atoms with Crippen LogP contribution >= 0.6 is 39.1 Å². The normalized spacial score (nSPS) is 12.4. The molecular formula is C14H23BrCl2N2. The van der Waals surface area contributed by atoms with Gasteiger partial charge in [-0.15, -0.1) is 23.2 Å². The highest BCUT2D eigenvalue weighted by atomic mass is 79.9. The van der Waals surface area contributed by atoms with Crippen LogP contribution in [0.25, 0.3) is 0 Å². The number of rotatable bonds is 7. The second kappa shape index (κ2) is 7.33. The van der Waals surface area contributed by atoms with Gasteiger partial charge in [0.2, 0.25) is 0 Å². The lowest BCUT2D eigenvalue weighted by Gasteiger charge is -2.34. The van der Waals surface area contributed by atoms with Crippen LogP contribution in [-0.4, -0.2) is 21.5 Å². The number of alkyl halides is 2. The van der Waals surface area contributed by atoms with Crippen LogP contribution in [0.2, 0.25) is 0 Å². The molecule has 1 aromatic heterocycles. The summed E-state index contributed by atoms with van der Waals surface area (Å²) in [5.41, 5.74) is 2.25. The van der Waals surface area contributed by atoms with E-state index < -0.39 is 0 Å². The fraction of sp³-hybridized carbons (Fsp3) is 0.786. The van der Waals surface area contributed by atoms with Crippen LogP contribution in [0.1, 0.15) is 39.1 Å². The molecule has 0 amide bonds. The molecule has 1 heterocycles. The van der Waals surface area contributed by atoms with Gasteiger partial charge in [-0.3, -0.25) is 4.68 Å². The first kappa shape index (κ1) is 17.3. The van der Waals surface area contributed by atoms with Crippen LogP contribution in [0.4, 0.5) is 0 Å². The van der Waals surface area contributed by atoms with Crippen molar-refractivity contribution >= 4 is 39.1 Å². The molecule has 2 nitrogen and oxygen atoms in total. The van der Waals surface area contributed by atoms with Crippen molar-refractivity contribution in [3.05, 3.63) is 15.9 Å². The first-order chi connectivity index (χ1) is 8.95. The van der Waals surface area contributed by atoms with Crippen LogP contribution in [0, 0.1) is 11.3 Å². The summed E-state index contributed by atoms with van der Waals surface area (Å²) in [6, 6.07) is 0. The topological polar surface area (TPSA) is 17.8 Å². The first-order valence-corrected chi connectivity index (χ1v) is 8.67. The maximum atomic E-state index is 6.23. The first-order valence-electron chi connectivity index (χ1n) is 6.81. The molecule has 110 valence electrons. The van der Waals surface area contributed by atoms with Gasteiger partial charge in [-0.2, -0.15) is 5.10 Å². The summed E-state index contributed by atoms with van der Waals surface area (Å²) in [5, 5.41) is 4.64. The fourth-order valence-electron chi connectivity index (χ4n) is 2.16. The van der Waals surface area contributed by atoms with E-state index in [1.54, 1.807) is 0 Å². The van der Waals surface area contributed by atoms with Gasteiger partial charge in [-0.05, 0) is 41.6 Å². The molecule has 5 heteroatoms. The summed E-state index contributed by atoms with van der Waals surface area (Å²) in [5.74, 6) is 1.56. The van der Waals surface area contributed by atoms with E-state index in [1.807, 2.05) is 0 Å². The molecule has 0 unspecified atom stereocenters. The van der Waals surface area contributed by atoms with Gasteiger partial charge in [0.25, 0.3) is 0 Å². The van der Waals surface area contributed by atoms with Crippen LogP contribution in [-0.2, 0) is 19.4 Å². The summed E-state index contributed by atoms with van der Waals surface area (Å²) in [6.45, 7) is 9.47. The second-order valence-corrected chi connectivity index (χ2v) is 6.67. The third kappa shape index (κ3) is 3.48. The van der Waals surface area contributed by atoms with E-state index in [9.17, 15) is 0 Å². The van der Waals surface area contributed by atoms with Crippen LogP contribution < -0.4 is 0 Å². The van der Waals surface area contributed by atoms with Crippen molar-refractivity contribution in [1.82, 2.24) is 9.78 Å². The smallest absolute Gasteiger partial charge is 0.0766 e. The van der Waals surface area contributed by atoms with Crippen molar-refractivity contribution < 1.29 is 0 Å². The molecule has 0 bridgehead atoms. The zero-order chi connectivity index (χ0) is 14.6. The molecule has 0 saturated heterocycles. The molecule has 0 fully saturated rings. The van der Waals surface area contributed by atoms with Crippen molar-refractivity contribution in [1.29, 1.82) is 0 Å². The molecule has 0 aliphatic rings. The Labute approximate surface area is 135 Å². The minimum atomic E-state index is -0.0798. The molecule has 19 heavy (non-hydrogen) atoms. The van der Waals surface area contributed by atoms with Gasteiger partial charge < -0.3 is 0 Å². The van der Waals surface area contributed by atoms with Crippen molar-refractivity contribution in [2.45, 2.75) is 47.1 Å². The summed E-state index contributed by atoms with van der Waals surface area (Å²) in [6.07, 6.45) is 1.79. The van der Waals surface area contributed by atoms with E-state index in [2.05, 4.69) is 53.4 Å². The Morgan fingerprint density at radius 2 is 1.84 bits per heavy atom. The molecule has 1 aromatic rings. The lowest BCUT2D eigenvalue weighted by atomic mass is 9.77. The van der Waals surface area contributed by atoms with Crippen molar-refractivity contribution in [3.8, 4) is 0 Å². The van der Waals surface area contributed by atoms with E-state index in [0.29, 0.717) is 17.7 Å². The van der Waals surface area contributed by atoms with E-state index in [4.69, 9.17) is 23.2 Å². The molecule has 1 rings (SSSR count). The predicted octanol–water partition coefficient (Wildman–Crippen LogP) is 4.89. The van der Waals surface area contributed by atoms with Gasteiger partial charge in [0, 0.05) is 23.7 Å². The minimum absolute atomic E-state index is 0.0798. The summed E-state index contributed by atoms with van der Waals surface area (Å²) < 4.78 is 3.19. The number of hydrogen-bond donors (Lipinski definition) is 0. The molecule has 0 atom stereocenters. The van der Waals surface area contributed by atoms with Crippen LogP contribution in [0.15, 0.2) is 4.47 Å². The quantitative estimate of drug-likeness (QED) is 0.625. The van der Waals surface area contributed by atoms with E-state index >= 15 is 0 Å². The highest BCUT2D eigenvalue weighted by molar-refractivity contribution is 9.10. The molecular weight excluding hydrogens is 347 g/mol. The fourth-order valence-corrected chi connectivity index (χ4v) is 3.96. The third-order valence-electron chi connectivity index (χ3n) is 3.97. The Kier molecular flexibility index (Phi) is 6.68. The molecule has 0 aliphatic heterocycles. The lowest BCUT2D eigenvalue weighted by Crippen LogP contribution is -2.35. The lowest BCUT2D eigenvalue weighted by molar-refractivity contribution is 0.252. The maximum absolute atomic E-state index is 6.23. The Morgan fingerprint density at radius 1 is 1.26 bits per heavy atom. The zero-order valence-corrected chi connectivity index (χ0v) is 15.2. The van der Waals surface area contributed by atoms with Crippen LogP contribution in [0.5, 0.6) is 0 Å². The molecule has 0 radical (unpaired) electrons. The van der Waals surface area contributed by atoms with Crippen molar-refractivity contribution in [2.24, 2.45) is 11.3 Å². The van der Waals surface area contributed by atoms with Gasteiger partial charge >= 0.3 is 0 Å². The summed E-state index contributed by atoms with van der Waals surface area (Å²) in [7, 11) is 0. The van der Waals surface area contributed by atoms with Crippen molar-refractivity contribution in [3.63, 3.8) is 0 Å². The van der Waals surface area contributed by atoms with Crippen molar-refractivity contribution in [2.75, 3.05) is 11.8 Å². The molecule has 0 spiro atoms. The van der Waals surface area contributed by atoms with Gasteiger partial charge in [0.15, 0.2) is 0 Å². The average Bonchev–Trinajstić information content (AvgIpc) is 2.71. The molecule has 0 N–H and O–H groups in total.